The zero-order valence-corrected chi connectivity index (χ0v) is 11.5. The summed E-state index contributed by atoms with van der Waals surface area (Å²) in [5.41, 5.74) is 0.437. The van der Waals surface area contributed by atoms with Gasteiger partial charge in [-0.15, -0.1) is 11.6 Å². The van der Waals surface area contributed by atoms with Crippen molar-refractivity contribution in [3.8, 4) is 5.69 Å². The molecule has 0 atom stereocenters. The topological polar surface area (TPSA) is 52.0 Å². The average Bonchev–Trinajstić information content (AvgIpc) is 2.42. The van der Waals surface area contributed by atoms with Crippen molar-refractivity contribution in [2.75, 3.05) is 5.88 Å². The van der Waals surface area contributed by atoms with Crippen LogP contribution in [-0.4, -0.2) is 21.4 Å². The monoisotopic (exact) mass is 326 g/mol. The molecular weight excluding hydrogens is 320 g/mol. The van der Waals surface area contributed by atoms with E-state index in [9.17, 15) is 9.59 Å². The molecule has 0 saturated carbocycles. The van der Waals surface area contributed by atoms with Crippen molar-refractivity contribution in [1.29, 1.82) is 0 Å². The molecule has 6 heteroatoms. The summed E-state index contributed by atoms with van der Waals surface area (Å²) < 4.78 is 1.39. The first kappa shape index (κ1) is 13.0. The molecule has 0 N–H and O–H groups in total. The molecule has 2 aromatic rings. The molecule has 1 aromatic carbocycles. The maximum atomic E-state index is 12.1. The van der Waals surface area contributed by atoms with Crippen LogP contribution in [0.2, 0.25) is 0 Å². The Balaban J connectivity index is 2.58. The molecule has 0 fully saturated rings. The Morgan fingerprint density at radius 1 is 1.33 bits per heavy atom. The second-order valence-corrected chi connectivity index (χ2v) is 4.54. The molecule has 0 amide bonds. The Labute approximate surface area is 116 Å². The fourth-order valence-corrected chi connectivity index (χ4v) is 2.09. The second kappa shape index (κ2) is 5.46. The largest absolute Gasteiger partial charge is 0.293 e. The lowest BCUT2D eigenvalue weighted by Crippen LogP contribution is -2.24. The lowest BCUT2D eigenvalue weighted by Gasteiger charge is -2.06. The van der Waals surface area contributed by atoms with Gasteiger partial charge in [0, 0.05) is 0 Å². The van der Waals surface area contributed by atoms with E-state index in [4.69, 9.17) is 11.6 Å². The Hall–Kier alpha value is -1.46. The number of nitrogens with zero attached hydrogens (tertiary/aromatic N) is 2. The van der Waals surface area contributed by atoms with Crippen molar-refractivity contribution < 1.29 is 4.79 Å². The van der Waals surface area contributed by atoms with Crippen molar-refractivity contribution in [3.05, 3.63) is 56.9 Å². The lowest BCUT2D eigenvalue weighted by molar-refractivity contribution is 0.101. The van der Waals surface area contributed by atoms with E-state index in [1.807, 2.05) is 6.07 Å². The number of ketones is 1. The number of hydrogen-bond acceptors (Lipinski definition) is 3. The number of aromatic nitrogens is 2. The molecule has 1 aromatic heterocycles. The predicted octanol–water partition coefficient (Wildman–Crippen LogP) is 2.42. The van der Waals surface area contributed by atoms with Crippen molar-refractivity contribution >= 4 is 33.3 Å². The number of para-hydroxylation sites is 1. The average molecular weight is 328 g/mol. The smallest absolute Gasteiger partial charge is 0.286 e. The minimum absolute atomic E-state index is 0.173. The van der Waals surface area contributed by atoms with Gasteiger partial charge in [0.1, 0.15) is 0 Å². The normalized spacial score (nSPS) is 10.3. The fourth-order valence-electron chi connectivity index (χ4n) is 1.45. The van der Waals surface area contributed by atoms with Gasteiger partial charge in [-0.25, -0.2) is 0 Å². The Morgan fingerprint density at radius 3 is 2.61 bits per heavy atom. The van der Waals surface area contributed by atoms with E-state index in [1.54, 1.807) is 24.3 Å². The van der Waals surface area contributed by atoms with Crippen molar-refractivity contribution in [2.24, 2.45) is 0 Å². The van der Waals surface area contributed by atoms with E-state index in [-0.39, 0.29) is 21.7 Å². The minimum atomic E-state index is -0.392. The zero-order chi connectivity index (χ0) is 13.1. The minimum Gasteiger partial charge on any atom is -0.293 e. The van der Waals surface area contributed by atoms with Crippen LogP contribution < -0.4 is 5.56 Å². The van der Waals surface area contributed by atoms with Gasteiger partial charge < -0.3 is 0 Å². The van der Waals surface area contributed by atoms with Gasteiger partial charge in [0.05, 0.1) is 27.8 Å². The molecular formula is C12H8BrClN2O2. The van der Waals surface area contributed by atoms with E-state index in [1.165, 1.54) is 10.9 Å². The number of alkyl halides is 1. The summed E-state index contributed by atoms with van der Waals surface area (Å²) in [6.07, 6.45) is 1.34. The van der Waals surface area contributed by atoms with Crippen LogP contribution in [0, 0.1) is 0 Å². The number of benzene rings is 1. The maximum Gasteiger partial charge on any atom is 0.286 e. The first-order chi connectivity index (χ1) is 8.65. The summed E-state index contributed by atoms with van der Waals surface area (Å²) in [6.45, 7) is 0. The molecule has 0 saturated heterocycles. The van der Waals surface area contributed by atoms with Crippen LogP contribution in [0.5, 0.6) is 0 Å². The quantitative estimate of drug-likeness (QED) is 0.642. The van der Waals surface area contributed by atoms with Gasteiger partial charge in [-0.1, -0.05) is 18.2 Å². The standard InChI is InChI=1S/C12H8BrClN2O2/c13-11-9(10(17)6-14)7-15-16(12(11)18)8-4-2-1-3-5-8/h1-5,7H,6H2. The lowest BCUT2D eigenvalue weighted by atomic mass is 10.2. The third-order valence-electron chi connectivity index (χ3n) is 2.34. The molecule has 0 aliphatic carbocycles. The highest BCUT2D eigenvalue weighted by atomic mass is 79.9. The molecule has 92 valence electrons. The first-order valence-electron chi connectivity index (χ1n) is 5.07. The van der Waals surface area contributed by atoms with Gasteiger partial charge in [-0.3, -0.25) is 9.59 Å². The molecule has 0 aliphatic rings. The van der Waals surface area contributed by atoms with Crippen LogP contribution in [0.3, 0.4) is 0 Å². The predicted molar refractivity (Wildman–Crippen MR) is 72.6 cm³/mol. The summed E-state index contributed by atoms with van der Waals surface area (Å²) in [6, 6.07) is 8.95. The van der Waals surface area contributed by atoms with Crippen LogP contribution in [0.1, 0.15) is 10.4 Å². The number of carbonyl (C=O) groups excluding carboxylic acids is 1. The Kier molecular flexibility index (Phi) is 3.93. The third kappa shape index (κ3) is 2.37. The number of hydrogen-bond donors (Lipinski definition) is 0. The molecule has 0 spiro atoms. The van der Waals surface area contributed by atoms with E-state index in [2.05, 4.69) is 21.0 Å². The third-order valence-corrected chi connectivity index (χ3v) is 3.35. The van der Waals surface area contributed by atoms with Crippen LogP contribution in [0.4, 0.5) is 0 Å². The number of rotatable bonds is 3. The summed E-state index contributed by atoms with van der Waals surface area (Å²) in [5, 5.41) is 3.97. The molecule has 0 bridgehead atoms. The number of Topliss-reactive ketones (excluding diaryl/α,β-unsaturated/α-hetero) is 1. The van der Waals surface area contributed by atoms with Gasteiger partial charge in [0.15, 0.2) is 5.78 Å². The fraction of sp³-hybridized carbons (Fsp3) is 0.0833. The van der Waals surface area contributed by atoms with Crippen LogP contribution in [0.25, 0.3) is 5.69 Å². The summed E-state index contributed by atoms with van der Waals surface area (Å²) in [7, 11) is 0. The molecule has 1 heterocycles. The van der Waals surface area contributed by atoms with Gasteiger partial charge in [0.2, 0.25) is 0 Å². The van der Waals surface area contributed by atoms with E-state index < -0.39 is 5.56 Å². The van der Waals surface area contributed by atoms with Crippen molar-refractivity contribution in [2.45, 2.75) is 0 Å². The molecule has 4 nitrogen and oxygen atoms in total. The van der Waals surface area contributed by atoms with Crippen LogP contribution >= 0.6 is 27.5 Å². The maximum absolute atomic E-state index is 12.1. The molecule has 0 aliphatic heterocycles. The molecule has 0 unspecified atom stereocenters. The van der Waals surface area contributed by atoms with Crippen LogP contribution in [0.15, 0.2) is 45.8 Å². The van der Waals surface area contributed by atoms with Crippen molar-refractivity contribution in [3.63, 3.8) is 0 Å². The Morgan fingerprint density at radius 2 is 2.00 bits per heavy atom. The Bertz CT molecular complexity index is 640. The van der Waals surface area contributed by atoms with Crippen molar-refractivity contribution in [1.82, 2.24) is 9.78 Å². The summed E-state index contributed by atoms with van der Waals surface area (Å²) >= 11 is 8.58. The molecule has 2 rings (SSSR count). The van der Waals surface area contributed by atoms with Gasteiger partial charge in [-0.2, -0.15) is 9.78 Å². The van der Waals surface area contributed by atoms with E-state index in [0.717, 1.165) is 0 Å². The molecule has 18 heavy (non-hydrogen) atoms. The highest BCUT2D eigenvalue weighted by molar-refractivity contribution is 9.10. The number of carbonyl (C=O) groups is 1. The molecule has 0 radical (unpaired) electrons. The number of halogens is 2. The first-order valence-corrected chi connectivity index (χ1v) is 6.40. The van der Waals surface area contributed by atoms with Crippen LogP contribution in [-0.2, 0) is 0 Å². The summed E-state index contributed by atoms with van der Waals surface area (Å²) in [5.74, 6) is -0.525. The van der Waals surface area contributed by atoms with Gasteiger partial charge in [-0.05, 0) is 28.1 Å². The highest BCUT2D eigenvalue weighted by Gasteiger charge is 2.15. The SMILES string of the molecule is O=C(CCl)c1cnn(-c2ccccc2)c(=O)c1Br. The van der Waals surface area contributed by atoms with E-state index >= 15 is 0 Å². The summed E-state index contributed by atoms with van der Waals surface area (Å²) in [4.78, 5) is 23.6. The highest BCUT2D eigenvalue weighted by Crippen LogP contribution is 2.13. The van der Waals surface area contributed by atoms with Gasteiger partial charge >= 0.3 is 0 Å². The van der Waals surface area contributed by atoms with Gasteiger partial charge in [0.25, 0.3) is 5.56 Å². The van der Waals surface area contributed by atoms with E-state index in [0.29, 0.717) is 5.69 Å². The zero-order valence-electron chi connectivity index (χ0n) is 9.14. The second-order valence-electron chi connectivity index (χ2n) is 3.48.